The van der Waals surface area contributed by atoms with E-state index in [4.69, 9.17) is 17.3 Å². The summed E-state index contributed by atoms with van der Waals surface area (Å²) in [6.07, 6.45) is 0.474. The molecule has 106 valence electrons. The summed E-state index contributed by atoms with van der Waals surface area (Å²) in [5.41, 5.74) is 7.60. The topological polar surface area (TPSA) is 46.3 Å². The quantitative estimate of drug-likeness (QED) is 0.841. The van der Waals surface area contributed by atoms with Gasteiger partial charge in [-0.05, 0) is 23.8 Å². The number of nitrogens with zero attached hydrogens (tertiary/aromatic N) is 1. The highest BCUT2D eigenvalue weighted by atomic mass is 35.5. The fourth-order valence-electron chi connectivity index (χ4n) is 1.95. The molecule has 0 aliphatic carbocycles. The van der Waals surface area contributed by atoms with Crippen molar-refractivity contribution in [2.24, 2.45) is 0 Å². The number of nitrogens with two attached hydrogens (primary N) is 1. The van der Waals surface area contributed by atoms with Gasteiger partial charge in [0.2, 0.25) is 0 Å². The number of halogens is 1. The molecule has 0 aliphatic heterocycles. The zero-order valence-electron chi connectivity index (χ0n) is 11.5. The molecule has 0 atom stereocenters. The zero-order valence-corrected chi connectivity index (χ0v) is 13.1. The van der Waals surface area contributed by atoms with Crippen molar-refractivity contribution in [1.82, 2.24) is 0 Å². The number of anilines is 2. The fraction of sp³-hybridized carbons (Fsp3) is 0.267. The van der Waals surface area contributed by atoms with E-state index in [-0.39, 0.29) is 5.78 Å². The molecule has 20 heavy (non-hydrogen) atoms. The number of rotatable bonds is 5. The highest BCUT2D eigenvalue weighted by Gasteiger charge is 2.15. The summed E-state index contributed by atoms with van der Waals surface area (Å²) in [6.45, 7) is 2.57. The second-order valence-corrected chi connectivity index (χ2v) is 6.10. The Labute approximate surface area is 128 Å². The summed E-state index contributed by atoms with van der Waals surface area (Å²) < 4.78 is 0. The van der Waals surface area contributed by atoms with Gasteiger partial charge in [-0.2, -0.15) is 0 Å². The van der Waals surface area contributed by atoms with Crippen molar-refractivity contribution in [3.05, 3.63) is 45.8 Å². The normalized spacial score (nSPS) is 10.6. The fourth-order valence-corrected chi connectivity index (χ4v) is 3.21. The Hall–Kier alpha value is -1.52. The number of carbonyl (C=O) groups excluding carboxylic acids is 1. The van der Waals surface area contributed by atoms with E-state index < -0.39 is 0 Å². The third-order valence-electron chi connectivity index (χ3n) is 3.01. The number of thiophene rings is 1. The van der Waals surface area contributed by atoms with Crippen molar-refractivity contribution in [3.63, 3.8) is 0 Å². The first-order chi connectivity index (χ1) is 9.51. The molecule has 0 unspecified atom stereocenters. The predicted octanol–water partition coefficient (Wildman–Crippen LogP) is 4.21. The van der Waals surface area contributed by atoms with Crippen molar-refractivity contribution >= 4 is 39.4 Å². The maximum Gasteiger partial charge on any atom is 0.174 e. The first kappa shape index (κ1) is 14.9. The molecule has 0 radical (unpaired) electrons. The number of ketones is 1. The Morgan fingerprint density at radius 2 is 2.15 bits per heavy atom. The Kier molecular flexibility index (Phi) is 4.68. The minimum atomic E-state index is 0.0925. The Morgan fingerprint density at radius 1 is 1.40 bits per heavy atom. The largest absolute Gasteiger partial charge is 0.397 e. The Balaban J connectivity index is 2.17. The number of nitrogen functional groups attached to an aromatic ring is 1. The summed E-state index contributed by atoms with van der Waals surface area (Å²) in [5.74, 6) is 0.0925. The third kappa shape index (κ3) is 3.32. The molecule has 2 N–H and O–H groups in total. The number of hydrogen-bond acceptors (Lipinski definition) is 4. The van der Waals surface area contributed by atoms with Crippen LogP contribution in [0.2, 0.25) is 5.02 Å². The standard InChI is InChI=1S/C15H17ClN2OS/c1-3-13(19)15-12(17)8-14(20-15)18(2)9-10-5-4-6-11(16)7-10/h4-8H,3,9,17H2,1-2H3. The smallest absolute Gasteiger partial charge is 0.174 e. The summed E-state index contributed by atoms with van der Waals surface area (Å²) in [6, 6.07) is 9.61. The molecular formula is C15H17ClN2OS. The van der Waals surface area contributed by atoms with E-state index in [9.17, 15) is 4.79 Å². The zero-order chi connectivity index (χ0) is 14.7. The van der Waals surface area contributed by atoms with Crippen LogP contribution in [0, 0.1) is 0 Å². The van der Waals surface area contributed by atoms with Gasteiger partial charge in [-0.25, -0.2) is 0 Å². The van der Waals surface area contributed by atoms with Gasteiger partial charge in [0.1, 0.15) is 0 Å². The van der Waals surface area contributed by atoms with Gasteiger partial charge in [0, 0.05) is 25.0 Å². The minimum Gasteiger partial charge on any atom is -0.397 e. The molecule has 3 nitrogen and oxygen atoms in total. The molecule has 0 spiro atoms. The molecule has 5 heteroatoms. The van der Waals surface area contributed by atoms with Crippen LogP contribution in [0.3, 0.4) is 0 Å². The maximum atomic E-state index is 11.8. The van der Waals surface area contributed by atoms with Gasteiger partial charge in [0.05, 0.1) is 15.6 Å². The van der Waals surface area contributed by atoms with E-state index >= 15 is 0 Å². The molecule has 1 heterocycles. The molecule has 0 saturated heterocycles. The highest BCUT2D eigenvalue weighted by Crippen LogP contribution is 2.33. The summed E-state index contributed by atoms with van der Waals surface area (Å²) in [7, 11) is 1.98. The predicted molar refractivity (Wildman–Crippen MR) is 86.9 cm³/mol. The van der Waals surface area contributed by atoms with Crippen LogP contribution < -0.4 is 10.6 Å². The van der Waals surface area contributed by atoms with Crippen molar-refractivity contribution < 1.29 is 4.79 Å². The molecule has 0 saturated carbocycles. The molecule has 0 bridgehead atoms. The van der Waals surface area contributed by atoms with Crippen molar-refractivity contribution in [1.29, 1.82) is 0 Å². The van der Waals surface area contributed by atoms with Crippen LogP contribution in [0.4, 0.5) is 10.7 Å². The molecule has 0 fully saturated rings. The van der Waals surface area contributed by atoms with E-state index in [1.165, 1.54) is 11.3 Å². The lowest BCUT2D eigenvalue weighted by molar-refractivity contribution is 0.0993. The number of hydrogen-bond donors (Lipinski definition) is 1. The van der Waals surface area contributed by atoms with E-state index in [2.05, 4.69) is 4.90 Å². The summed E-state index contributed by atoms with van der Waals surface area (Å²) in [5, 5.41) is 1.71. The van der Waals surface area contributed by atoms with Crippen molar-refractivity contribution in [2.75, 3.05) is 17.7 Å². The van der Waals surface area contributed by atoms with E-state index in [0.29, 0.717) is 17.0 Å². The Bertz CT molecular complexity index is 624. The molecule has 1 aromatic carbocycles. The number of Topliss-reactive ketones (excluding diaryl/α,β-unsaturated/α-hetero) is 1. The van der Waals surface area contributed by atoms with Crippen LogP contribution in [0.25, 0.3) is 0 Å². The second kappa shape index (κ2) is 6.29. The van der Waals surface area contributed by atoms with Gasteiger partial charge >= 0.3 is 0 Å². The lowest BCUT2D eigenvalue weighted by atomic mass is 10.2. The van der Waals surface area contributed by atoms with E-state index in [0.717, 1.165) is 22.1 Å². The van der Waals surface area contributed by atoms with E-state index in [1.54, 1.807) is 0 Å². The van der Waals surface area contributed by atoms with Crippen LogP contribution in [-0.4, -0.2) is 12.8 Å². The van der Waals surface area contributed by atoms with Crippen LogP contribution >= 0.6 is 22.9 Å². The summed E-state index contributed by atoms with van der Waals surface area (Å²) in [4.78, 5) is 14.5. The molecular weight excluding hydrogens is 292 g/mol. The first-order valence-corrected chi connectivity index (χ1v) is 7.58. The second-order valence-electron chi connectivity index (χ2n) is 4.63. The van der Waals surface area contributed by atoms with E-state index in [1.807, 2.05) is 44.3 Å². The number of carbonyl (C=O) groups is 1. The average Bonchev–Trinajstić information content (AvgIpc) is 2.80. The highest BCUT2D eigenvalue weighted by molar-refractivity contribution is 7.18. The van der Waals surface area contributed by atoms with Gasteiger partial charge in [-0.3, -0.25) is 4.79 Å². The molecule has 0 aliphatic rings. The molecule has 2 aromatic rings. The lowest BCUT2D eigenvalue weighted by Crippen LogP contribution is -2.14. The first-order valence-electron chi connectivity index (χ1n) is 6.39. The van der Waals surface area contributed by atoms with Crippen LogP contribution in [0.5, 0.6) is 0 Å². The number of benzene rings is 1. The minimum absolute atomic E-state index is 0.0925. The van der Waals surface area contributed by atoms with Crippen LogP contribution in [0.15, 0.2) is 30.3 Å². The van der Waals surface area contributed by atoms with Crippen molar-refractivity contribution in [2.45, 2.75) is 19.9 Å². The van der Waals surface area contributed by atoms with Crippen LogP contribution in [0.1, 0.15) is 28.6 Å². The van der Waals surface area contributed by atoms with Gasteiger partial charge in [0.25, 0.3) is 0 Å². The maximum absolute atomic E-state index is 11.8. The van der Waals surface area contributed by atoms with Gasteiger partial charge in [-0.1, -0.05) is 30.7 Å². The van der Waals surface area contributed by atoms with Gasteiger partial charge in [0.15, 0.2) is 5.78 Å². The summed E-state index contributed by atoms with van der Waals surface area (Å²) >= 11 is 7.43. The van der Waals surface area contributed by atoms with Crippen LogP contribution in [-0.2, 0) is 6.54 Å². The molecule has 1 aromatic heterocycles. The molecule has 0 amide bonds. The monoisotopic (exact) mass is 308 g/mol. The van der Waals surface area contributed by atoms with Crippen molar-refractivity contribution in [3.8, 4) is 0 Å². The average molecular weight is 309 g/mol. The van der Waals surface area contributed by atoms with Gasteiger partial charge < -0.3 is 10.6 Å². The SMILES string of the molecule is CCC(=O)c1sc(N(C)Cc2cccc(Cl)c2)cc1N. The Morgan fingerprint density at radius 3 is 2.80 bits per heavy atom. The molecule has 2 rings (SSSR count). The van der Waals surface area contributed by atoms with Gasteiger partial charge in [-0.15, -0.1) is 11.3 Å². The third-order valence-corrected chi connectivity index (χ3v) is 4.55. The lowest BCUT2D eigenvalue weighted by Gasteiger charge is -2.17.